The number of aliphatic hydroxyl groups excluding tert-OH is 2. The molecule has 0 radical (unpaired) electrons. The van der Waals surface area contributed by atoms with Gasteiger partial charge in [0.1, 0.15) is 6.10 Å². The van der Waals surface area contributed by atoms with E-state index in [1.807, 2.05) is 6.08 Å². The predicted molar refractivity (Wildman–Crippen MR) is 245 cm³/mol. The number of carbonyl (C=O) groups excluding carboxylic acids is 2. The topological polar surface area (TPSA) is 95.9 Å². The van der Waals surface area contributed by atoms with E-state index in [0.29, 0.717) is 19.3 Å². The Labute approximate surface area is 350 Å². The molecule has 1 amide bonds. The normalized spacial score (nSPS) is 14.3. The molecule has 0 bridgehead atoms. The van der Waals surface area contributed by atoms with Gasteiger partial charge in [0.2, 0.25) is 5.91 Å². The number of allylic oxidation sites excluding steroid dienone is 16. The Balaban J connectivity index is 4.77. The highest BCUT2D eigenvalue weighted by Crippen LogP contribution is 2.16. The molecule has 3 unspecified atom stereocenters. The molecule has 6 nitrogen and oxygen atoms in total. The van der Waals surface area contributed by atoms with Crippen molar-refractivity contribution in [2.75, 3.05) is 6.61 Å². The molecule has 0 aliphatic heterocycles. The van der Waals surface area contributed by atoms with Crippen LogP contribution in [0.2, 0.25) is 0 Å². The van der Waals surface area contributed by atoms with E-state index in [2.05, 4.69) is 117 Å². The summed E-state index contributed by atoms with van der Waals surface area (Å²) in [7, 11) is 0. The third-order valence-corrected chi connectivity index (χ3v) is 9.73. The molecular formula is C51H85NO5. The van der Waals surface area contributed by atoms with E-state index < -0.39 is 18.2 Å². The second-order valence-corrected chi connectivity index (χ2v) is 15.1. The fourth-order valence-electron chi connectivity index (χ4n) is 6.30. The first-order chi connectivity index (χ1) is 28.0. The summed E-state index contributed by atoms with van der Waals surface area (Å²) in [6.07, 6.45) is 57.6. The Morgan fingerprint density at radius 3 is 1.60 bits per heavy atom. The molecule has 0 aliphatic carbocycles. The van der Waals surface area contributed by atoms with Crippen molar-refractivity contribution in [2.45, 2.75) is 206 Å². The first-order valence-electron chi connectivity index (χ1n) is 23.0. The van der Waals surface area contributed by atoms with E-state index >= 15 is 0 Å². The number of carbonyl (C=O) groups is 2. The Bertz CT molecular complexity index is 1160. The number of unbranched alkanes of at least 4 members (excludes halogenated alkanes) is 13. The van der Waals surface area contributed by atoms with Crippen LogP contribution in [-0.4, -0.2) is 46.9 Å². The quantitative estimate of drug-likeness (QED) is 0.0249. The summed E-state index contributed by atoms with van der Waals surface area (Å²) in [4.78, 5) is 26.0. The van der Waals surface area contributed by atoms with E-state index in [1.165, 1.54) is 38.5 Å². The molecule has 0 aromatic rings. The zero-order chi connectivity index (χ0) is 41.7. The van der Waals surface area contributed by atoms with Gasteiger partial charge in [-0.3, -0.25) is 9.59 Å². The average Bonchev–Trinajstić information content (AvgIpc) is 3.20. The van der Waals surface area contributed by atoms with Gasteiger partial charge in [-0.1, -0.05) is 195 Å². The minimum Gasteiger partial charge on any atom is -0.462 e. The fourth-order valence-corrected chi connectivity index (χ4v) is 6.30. The van der Waals surface area contributed by atoms with Crippen molar-refractivity contribution < 1.29 is 24.5 Å². The minimum atomic E-state index is -0.809. The molecule has 0 rings (SSSR count). The fraction of sp³-hybridized carbons (Fsp3) is 0.647. The van der Waals surface area contributed by atoms with Crippen molar-refractivity contribution in [3.63, 3.8) is 0 Å². The lowest BCUT2D eigenvalue weighted by Gasteiger charge is -2.24. The van der Waals surface area contributed by atoms with Gasteiger partial charge in [-0.15, -0.1) is 0 Å². The van der Waals surface area contributed by atoms with Crippen LogP contribution in [0.25, 0.3) is 0 Å². The molecule has 0 saturated carbocycles. The lowest BCUT2D eigenvalue weighted by Crippen LogP contribution is -2.46. The third-order valence-electron chi connectivity index (χ3n) is 9.73. The molecule has 0 aromatic carbocycles. The van der Waals surface area contributed by atoms with Crippen molar-refractivity contribution in [3.8, 4) is 0 Å². The summed E-state index contributed by atoms with van der Waals surface area (Å²) in [5.74, 6) is -0.606. The Morgan fingerprint density at radius 2 is 1.04 bits per heavy atom. The monoisotopic (exact) mass is 792 g/mol. The first-order valence-corrected chi connectivity index (χ1v) is 23.0. The van der Waals surface area contributed by atoms with E-state index in [1.54, 1.807) is 0 Å². The molecule has 3 atom stereocenters. The van der Waals surface area contributed by atoms with Gasteiger partial charge in [-0.05, 0) is 77.0 Å². The van der Waals surface area contributed by atoms with Gasteiger partial charge in [0.05, 0.1) is 25.2 Å². The smallest absolute Gasteiger partial charge is 0.306 e. The number of aliphatic hydroxyl groups is 2. The van der Waals surface area contributed by atoms with Crippen molar-refractivity contribution in [3.05, 3.63) is 97.2 Å². The summed E-state index contributed by atoms with van der Waals surface area (Å²) in [5, 5.41) is 23.6. The largest absolute Gasteiger partial charge is 0.462 e. The second-order valence-electron chi connectivity index (χ2n) is 15.1. The third kappa shape index (κ3) is 39.4. The molecule has 324 valence electrons. The zero-order valence-corrected chi connectivity index (χ0v) is 36.7. The molecule has 6 heteroatoms. The summed E-state index contributed by atoms with van der Waals surface area (Å²) in [6.45, 7) is 6.17. The van der Waals surface area contributed by atoms with Crippen molar-refractivity contribution in [1.29, 1.82) is 0 Å². The van der Waals surface area contributed by atoms with Gasteiger partial charge in [0, 0.05) is 6.42 Å². The van der Waals surface area contributed by atoms with Crippen LogP contribution in [0.4, 0.5) is 0 Å². The predicted octanol–water partition coefficient (Wildman–Crippen LogP) is 13.4. The number of esters is 1. The Hall–Kier alpha value is -3.22. The van der Waals surface area contributed by atoms with E-state index in [4.69, 9.17) is 4.74 Å². The van der Waals surface area contributed by atoms with Gasteiger partial charge in [0.15, 0.2) is 0 Å². The number of amides is 1. The molecule has 0 fully saturated rings. The maximum Gasteiger partial charge on any atom is 0.306 e. The van der Waals surface area contributed by atoms with Crippen LogP contribution in [-0.2, 0) is 14.3 Å². The SMILES string of the molecule is CC/C=C/C=C/C=C/CCCCCCCC(CC(=O)NC(CO)C(O)CCCCCCCCCCC)OC(=O)CC/C=C/C/C=C/C/C=C/C/C=C/C/C=C/CC. The molecule has 0 aliphatic rings. The maximum atomic E-state index is 13.1. The molecule has 0 spiro atoms. The van der Waals surface area contributed by atoms with E-state index in [9.17, 15) is 19.8 Å². The average molecular weight is 792 g/mol. The first kappa shape index (κ1) is 53.8. The van der Waals surface area contributed by atoms with Crippen LogP contribution in [0.15, 0.2) is 97.2 Å². The number of hydrogen-bond donors (Lipinski definition) is 3. The summed E-state index contributed by atoms with van der Waals surface area (Å²) in [5.41, 5.74) is 0. The van der Waals surface area contributed by atoms with Crippen LogP contribution >= 0.6 is 0 Å². The van der Waals surface area contributed by atoms with Crippen molar-refractivity contribution in [2.24, 2.45) is 0 Å². The highest BCUT2D eigenvalue weighted by molar-refractivity contribution is 5.77. The molecule has 0 heterocycles. The number of nitrogens with one attached hydrogen (secondary N) is 1. The Kier molecular flexibility index (Phi) is 41.4. The van der Waals surface area contributed by atoms with Crippen LogP contribution in [0.5, 0.6) is 0 Å². The van der Waals surface area contributed by atoms with E-state index in [0.717, 1.165) is 96.3 Å². The Morgan fingerprint density at radius 1 is 0.544 bits per heavy atom. The molecule has 57 heavy (non-hydrogen) atoms. The van der Waals surface area contributed by atoms with Gasteiger partial charge >= 0.3 is 5.97 Å². The van der Waals surface area contributed by atoms with Crippen molar-refractivity contribution >= 4 is 11.9 Å². The lowest BCUT2D eigenvalue weighted by molar-refractivity contribution is -0.150. The highest BCUT2D eigenvalue weighted by Gasteiger charge is 2.24. The van der Waals surface area contributed by atoms with Crippen LogP contribution < -0.4 is 5.32 Å². The second kappa shape index (κ2) is 43.9. The zero-order valence-electron chi connectivity index (χ0n) is 36.7. The number of rotatable bonds is 39. The molecule has 0 saturated heterocycles. The molecular weight excluding hydrogens is 707 g/mol. The van der Waals surface area contributed by atoms with Crippen LogP contribution in [0.1, 0.15) is 188 Å². The van der Waals surface area contributed by atoms with Gasteiger partial charge in [0.25, 0.3) is 0 Å². The molecule has 3 N–H and O–H groups in total. The number of ether oxygens (including phenoxy) is 1. The minimum absolute atomic E-state index is 0.0282. The van der Waals surface area contributed by atoms with Crippen molar-refractivity contribution in [1.82, 2.24) is 5.32 Å². The molecule has 0 aromatic heterocycles. The van der Waals surface area contributed by atoms with Crippen LogP contribution in [0.3, 0.4) is 0 Å². The lowest BCUT2D eigenvalue weighted by atomic mass is 10.0. The maximum absolute atomic E-state index is 13.1. The standard InChI is InChI=1S/C51H85NO5/c1-4-7-10-13-16-19-21-23-24-25-27-29-32-35-38-41-44-51(56)57-47(42-39-36-33-31-28-26-22-20-17-14-11-8-5-2)45-50(55)52-48(46-53)49(54)43-40-37-34-30-18-15-12-9-6-3/h7-8,10-11,14,16-17,19-20,22-24,27,29,35,38,47-49,53-54H,4-6,9,12-13,15,18,21,25-26,28,30-34,36-37,39-46H2,1-3H3,(H,52,55)/b10-7+,11-8+,17-14+,19-16+,22-20+,24-23+,29-27+,38-35+. The van der Waals surface area contributed by atoms with E-state index in [-0.39, 0.29) is 31.3 Å². The number of hydrogen-bond acceptors (Lipinski definition) is 5. The van der Waals surface area contributed by atoms with Gasteiger partial charge in [-0.2, -0.15) is 0 Å². The summed E-state index contributed by atoms with van der Waals surface area (Å²) >= 11 is 0. The highest BCUT2D eigenvalue weighted by atomic mass is 16.5. The summed E-state index contributed by atoms with van der Waals surface area (Å²) in [6, 6.07) is -0.726. The van der Waals surface area contributed by atoms with Crippen LogP contribution in [0, 0.1) is 0 Å². The van der Waals surface area contributed by atoms with Gasteiger partial charge < -0.3 is 20.3 Å². The summed E-state index contributed by atoms with van der Waals surface area (Å²) < 4.78 is 5.85. The van der Waals surface area contributed by atoms with Gasteiger partial charge in [-0.25, -0.2) is 0 Å².